The number of hydrogen-bond acceptors (Lipinski definition) is 4. The zero-order chi connectivity index (χ0) is 14.5. The highest BCUT2D eigenvalue weighted by molar-refractivity contribution is 7.99. The summed E-state index contributed by atoms with van der Waals surface area (Å²) >= 11 is 1.74. The molecular weight excluding hydrogens is 268 g/mol. The molecule has 1 unspecified atom stereocenters. The second-order valence-electron chi connectivity index (χ2n) is 5.01. The molecule has 1 aromatic carbocycles. The Balaban J connectivity index is 2.12. The molecule has 1 aromatic heterocycles. The average Bonchev–Trinajstić information content (AvgIpc) is 2.81. The van der Waals surface area contributed by atoms with Crippen LogP contribution in [0.3, 0.4) is 0 Å². The maximum absolute atomic E-state index is 4.13. The van der Waals surface area contributed by atoms with Crippen LogP contribution in [-0.2, 0) is 7.05 Å². The SMILES string of the molecule is CCNC(CSc1nncn1C)c1ccc(C)cc1C. The fourth-order valence-electron chi connectivity index (χ4n) is 2.28. The first-order chi connectivity index (χ1) is 9.61. The van der Waals surface area contributed by atoms with Gasteiger partial charge in [-0.2, -0.15) is 0 Å². The van der Waals surface area contributed by atoms with E-state index in [1.807, 2.05) is 11.6 Å². The molecule has 0 aliphatic heterocycles. The van der Waals surface area contributed by atoms with E-state index < -0.39 is 0 Å². The molecule has 5 heteroatoms. The van der Waals surface area contributed by atoms with Gasteiger partial charge in [0.1, 0.15) is 6.33 Å². The molecule has 0 bridgehead atoms. The number of hydrogen-bond donors (Lipinski definition) is 1. The van der Waals surface area contributed by atoms with Crippen molar-refractivity contribution in [3.63, 3.8) is 0 Å². The lowest BCUT2D eigenvalue weighted by molar-refractivity contribution is 0.601. The summed E-state index contributed by atoms with van der Waals surface area (Å²) in [6.45, 7) is 7.41. The summed E-state index contributed by atoms with van der Waals surface area (Å²) in [6.07, 6.45) is 1.74. The first-order valence-corrected chi connectivity index (χ1v) is 7.87. The zero-order valence-corrected chi connectivity index (χ0v) is 13.4. The average molecular weight is 290 g/mol. The van der Waals surface area contributed by atoms with Gasteiger partial charge in [0.2, 0.25) is 0 Å². The molecule has 0 spiro atoms. The van der Waals surface area contributed by atoms with E-state index in [2.05, 4.69) is 54.5 Å². The molecule has 2 aromatic rings. The van der Waals surface area contributed by atoms with Crippen LogP contribution in [0.25, 0.3) is 0 Å². The van der Waals surface area contributed by atoms with Crippen molar-refractivity contribution >= 4 is 11.8 Å². The van der Waals surface area contributed by atoms with Gasteiger partial charge in [-0.25, -0.2) is 0 Å². The minimum absolute atomic E-state index is 0.335. The third kappa shape index (κ3) is 3.61. The maximum atomic E-state index is 4.13. The lowest BCUT2D eigenvalue weighted by Gasteiger charge is -2.20. The first kappa shape index (κ1) is 15.1. The minimum Gasteiger partial charge on any atom is -0.312 e. The van der Waals surface area contributed by atoms with Crippen molar-refractivity contribution < 1.29 is 0 Å². The molecular formula is C15H22N4S. The molecule has 20 heavy (non-hydrogen) atoms. The lowest BCUT2D eigenvalue weighted by atomic mass is 10.0. The monoisotopic (exact) mass is 290 g/mol. The summed E-state index contributed by atoms with van der Waals surface area (Å²) in [7, 11) is 1.97. The van der Waals surface area contributed by atoms with Gasteiger partial charge < -0.3 is 9.88 Å². The second-order valence-corrected chi connectivity index (χ2v) is 5.99. The van der Waals surface area contributed by atoms with Gasteiger partial charge in [0.25, 0.3) is 0 Å². The fraction of sp³-hybridized carbons (Fsp3) is 0.467. The Kier molecular flexibility index (Phi) is 5.20. The molecule has 2 rings (SSSR count). The van der Waals surface area contributed by atoms with Crippen LogP contribution in [0.4, 0.5) is 0 Å². The summed E-state index contributed by atoms with van der Waals surface area (Å²) in [5.74, 6) is 0.949. The summed E-state index contributed by atoms with van der Waals surface area (Å²) in [5, 5.41) is 12.6. The van der Waals surface area contributed by atoms with Crippen LogP contribution in [0.5, 0.6) is 0 Å². The van der Waals surface area contributed by atoms with Gasteiger partial charge in [-0.1, -0.05) is 42.4 Å². The normalized spacial score (nSPS) is 12.6. The third-order valence-electron chi connectivity index (χ3n) is 3.30. The zero-order valence-electron chi connectivity index (χ0n) is 12.6. The van der Waals surface area contributed by atoms with Gasteiger partial charge >= 0.3 is 0 Å². The van der Waals surface area contributed by atoms with E-state index in [9.17, 15) is 0 Å². The van der Waals surface area contributed by atoms with Crippen LogP contribution >= 0.6 is 11.8 Å². The quantitative estimate of drug-likeness (QED) is 0.831. The Morgan fingerprint density at radius 1 is 1.35 bits per heavy atom. The van der Waals surface area contributed by atoms with Crippen molar-refractivity contribution in [2.24, 2.45) is 7.05 Å². The van der Waals surface area contributed by atoms with Crippen molar-refractivity contribution in [3.05, 3.63) is 41.2 Å². The highest BCUT2D eigenvalue weighted by atomic mass is 32.2. The van der Waals surface area contributed by atoms with Crippen LogP contribution in [0, 0.1) is 13.8 Å². The van der Waals surface area contributed by atoms with Crippen molar-refractivity contribution in [2.45, 2.75) is 32.0 Å². The van der Waals surface area contributed by atoms with Crippen molar-refractivity contribution in [1.82, 2.24) is 20.1 Å². The Bertz CT molecular complexity index is 565. The number of aryl methyl sites for hydroxylation is 3. The molecule has 0 saturated heterocycles. The molecule has 0 saturated carbocycles. The number of benzene rings is 1. The predicted molar refractivity (Wildman–Crippen MR) is 84.1 cm³/mol. The van der Waals surface area contributed by atoms with E-state index in [-0.39, 0.29) is 0 Å². The van der Waals surface area contributed by atoms with Gasteiger partial charge in [-0.3, -0.25) is 0 Å². The third-order valence-corrected chi connectivity index (χ3v) is 4.43. The maximum Gasteiger partial charge on any atom is 0.190 e. The van der Waals surface area contributed by atoms with Crippen molar-refractivity contribution in [1.29, 1.82) is 0 Å². The molecule has 0 fully saturated rings. The lowest BCUT2D eigenvalue weighted by Crippen LogP contribution is -2.24. The van der Waals surface area contributed by atoms with Gasteiger partial charge in [0.15, 0.2) is 5.16 Å². The topological polar surface area (TPSA) is 42.7 Å². The number of nitrogens with one attached hydrogen (secondary N) is 1. The molecule has 0 aliphatic rings. The second kappa shape index (κ2) is 6.90. The van der Waals surface area contributed by atoms with Crippen molar-refractivity contribution in [3.8, 4) is 0 Å². The Labute approximate surface area is 125 Å². The van der Waals surface area contributed by atoms with Crippen LogP contribution in [0.1, 0.15) is 29.7 Å². The van der Waals surface area contributed by atoms with Gasteiger partial charge in [0, 0.05) is 18.8 Å². The molecule has 1 heterocycles. The number of rotatable bonds is 6. The van der Waals surface area contributed by atoms with E-state index in [1.54, 1.807) is 18.1 Å². The molecule has 108 valence electrons. The van der Waals surface area contributed by atoms with Crippen LogP contribution in [-0.4, -0.2) is 27.1 Å². The summed E-state index contributed by atoms with van der Waals surface area (Å²) < 4.78 is 1.95. The van der Waals surface area contributed by atoms with E-state index in [4.69, 9.17) is 0 Å². The molecule has 0 radical (unpaired) electrons. The number of aromatic nitrogens is 3. The van der Waals surface area contributed by atoms with Gasteiger partial charge in [0.05, 0.1) is 0 Å². The summed E-state index contributed by atoms with van der Waals surface area (Å²) in [4.78, 5) is 0. The molecule has 0 amide bonds. The molecule has 4 nitrogen and oxygen atoms in total. The standard InChI is InChI=1S/C15H22N4S/c1-5-16-14(9-20-15-18-17-10-19(15)4)13-7-6-11(2)8-12(13)3/h6-8,10,14,16H,5,9H2,1-4H3. The molecule has 0 aliphatic carbocycles. The van der Waals surface area contributed by atoms with Gasteiger partial charge in [-0.15, -0.1) is 10.2 Å². The summed E-state index contributed by atoms with van der Waals surface area (Å²) in [5.41, 5.74) is 4.02. The smallest absolute Gasteiger partial charge is 0.190 e. The Hall–Kier alpha value is -1.33. The Morgan fingerprint density at radius 2 is 2.15 bits per heavy atom. The van der Waals surface area contributed by atoms with Gasteiger partial charge in [-0.05, 0) is 31.5 Å². The largest absolute Gasteiger partial charge is 0.312 e. The highest BCUT2D eigenvalue weighted by Gasteiger charge is 2.14. The van der Waals surface area contributed by atoms with Crippen LogP contribution in [0.2, 0.25) is 0 Å². The summed E-state index contributed by atoms with van der Waals surface area (Å²) in [6, 6.07) is 6.99. The highest BCUT2D eigenvalue weighted by Crippen LogP contribution is 2.25. The van der Waals surface area contributed by atoms with Crippen molar-refractivity contribution in [2.75, 3.05) is 12.3 Å². The number of thioether (sulfide) groups is 1. The van der Waals surface area contributed by atoms with E-state index >= 15 is 0 Å². The van der Waals surface area contributed by atoms with Crippen LogP contribution in [0.15, 0.2) is 29.7 Å². The van der Waals surface area contributed by atoms with E-state index in [1.165, 1.54) is 16.7 Å². The predicted octanol–water partition coefficient (Wildman–Crippen LogP) is 2.87. The number of nitrogens with zero attached hydrogens (tertiary/aromatic N) is 3. The first-order valence-electron chi connectivity index (χ1n) is 6.89. The van der Waals surface area contributed by atoms with E-state index in [0.29, 0.717) is 6.04 Å². The molecule has 1 N–H and O–H groups in total. The molecule has 1 atom stereocenters. The Morgan fingerprint density at radius 3 is 2.75 bits per heavy atom. The minimum atomic E-state index is 0.335. The van der Waals surface area contributed by atoms with Crippen LogP contribution < -0.4 is 5.32 Å². The van der Waals surface area contributed by atoms with E-state index in [0.717, 1.165) is 17.5 Å². The fourth-order valence-corrected chi connectivity index (χ4v) is 3.25.